The molecule has 3 rings (SSSR count). The second-order valence-electron chi connectivity index (χ2n) is 5.58. The second kappa shape index (κ2) is 6.63. The van der Waals surface area contributed by atoms with E-state index in [0.29, 0.717) is 0 Å². The van der Waals surface area contributed by atoms with Gasteiger partial charge in [0.15, 0.2) is 0 Å². The van der Waals surface area contributed by atoms with Crippen molar-refractivity contribution in [2.45, 2.75) is 38.6 Å². The van der Waals surface area contributed by atoms with E-state index in [1.54, 1.807) is 24.0 Å². The topological polar surface area (TPSA) is 21.3 Å². The molecule has 0 spiro atoms. The fraction of sp³-hybridized carbons (Fsp3) is 0.444. The maximum Gasteiger partial charge on any atom is 0.134 e. The number of hydrogen-bond acceptors (Lipinski definition) is 3. The monoisotopic (exact) mass is 301 g/mol. The SMILES string of the molecule is CCNC(c1ccc2c(c1)CCCC2)c1sccc1OC. The molecule has 1 aromatic heterocycles. The van der Waals surface area contributed by atoms with Crippen molar-refractivity contribution in [2.75, 3.05) is 13.7 Å². The Morgan fingerprint density at radius 1 is 1.19 bits per heavy atom. The van der Waals surface area contributed by atoms with Gasteiger partial charge in [-0.25, -0.2) is 0 Å². The average molecular weight is 301 g/mol. The van der Waals surface area contributed by atoms with Crippen LogP contribution in [0.3, 0.4) is 0 Å². The van der Waals surface area contributed by atoms with Gasteiger partial charge in [0.1, 0.15) is 5.75 Å². The van der Waals surface area contributed by atoms with Crippen LogP contribution in [-0.2, 0) is 12.8 Å². The zero-order chi connectivity index (χ0) is 14.7. The van der Waals surface area contributed by atoms with Crippen LogP contribution >= 0.6 is 11.3 Å². The number of nitrogens with one attached hydrogen (secondary N) is 1. The lowest BCUT2D eigenvalue weighted by molar-refractivity contribution is 0.408. The quantitative estimate of drug-likeness (QED) is 0.887. The van der Waals surface area contributed by atoms with E-state index in [4.69, 9.17) is 4.74 Å². The number of aryl methyl sites for hydroxylation is 2. The molecule has 2 nitrogen and oxygen atoms in total. The van der Waals surface area contributed by atoms with E-state index in [9.17, 15) is 0 Å². The van der Waals surface area contributed by atoms with Crippen molar-refractivity contribution < 1.29 is 4.74 Å². The highest BCUT2D eigenvalue weighted by atomic mass is 32.1. The third kappa shape index (κ3) is 2.99. The molecular weight excluding hydrogens is 278 g/mol. The Labute approximate surface area is 131 Å². The minimum absolute atomic E-state index is 0.233. The highest BCUT2D eigenvalue weighted by Gasteiger charge is 2.20. The molecule has 1 heterocycles. The van der Waals surface area contributed by atoms with Crippen LogP contribution in [0.1, 0.15) is 47.4 Å². The molecule has 0 fully saturated rings. The summed E-state index contributed by atoms with van der Waals surface area (Å²) in [6.45, 7) is 3.11. The molecule has 3 heteroatoms. The van der Waals surface area contributed by atoms with Crippen LogP contribution in [0.2, 0.25) is 0 Å². The zero-order valence-corrected chi connectivity index (χ0v) is 13.6. The van der Waals surface area contributed by atoms with Crippen molar-refractivity contribution in [3.63, 3.8) is 0 Å². The van der Waals surface area contributed by atoms with Gasteiger partial charge in [0, 0.05) is 0 Å². The van der Waals surface area contributed by atoms with E-state index in [2.05, 4.69) is 41.9 Å². The molecule has 0 saturated carbocycles. The lowest BCUT2D eigenvalue weighted by Gasteiger charge is -2.22. The van der Waals surface area contributed by atoms with Crippen molar-refractivity contribution in [2.24, 2.45) is 0 Å². The van der Waals surface area contributed by atoms with Gasteiger partial charge in [-0.2, -0.15) is 0 Å². The first-order chi connectivity index (χ1) is 10.3. The predicted octanol–water partition coefficient (Wildman–Crippen LogP) is 4.33. The third-order valence-electron chi connectivity index (χ3n) is 4.25. The molecule has 1 unspecified atom stereocenters. The maximum atomic E-state index is 5.52. The molecule has 2 aromatic rings. The lowest BCUT2D eigenvalue weighted by Crippen LogP contribution is -2.22. The number of thiophene rings is 1. The summed E-state index contributed by atoms with van der Waals surface area (Å²) in [4.78, 5) is 1.27. The molecule has 1 N–H and O–H groups in total. The average Bonchev–Trinajstić information content (AvgIpc) is 3.00. The molecule has 0 saturated heterocycles. The Balaban J connectivity index is 1.97. The molecule has 0 aliphatic heterocycles. The summed E-state index contributed by atoms with van der Waals surface area (Å²) in [5, 5.41) is 5.72. The highest BCUT2D eigenvalue weighted by Crippen LogP contribution is 2.36. The van der Waals surface area contributed by atoms with E-state index in [-0.39, 0.29) is 6.04 Å². The minimum Gasteiger partial charge on any atom is -0.496 e. The Hall–Kier alpha value is -1.32. The minimum atomic E-state index is 0.233. The molecule has 0 radical (unpaired) electrons. The van der Waals surface area contributed by atoms with E-state index >= 15 is 0 Å². The van der Waals surface area contributed by atoms with Gasteiger partial charge in [-0.15, -0.1) is 11.3 Å². The lowest BCUT2D eigenvalue weighted by atomic mass is 9.89. The maximum absolute atomic E-state index is 5.52. The highest BCUT2D eigenvalue weighted by molar-refractivity contribution is 7.10. The summed E-state index contributed by atoms with van der Waals surface area (Å²) >= 11 is 1.77. The van der Waals surface area contributed by atoms with Crippen molar-refractivity contribution in [1.29, 1.82) is 0 Å². The van der Waals surface area contributed by atoms with Gasteiger partial charge in [-0.3, -0.25) is 0 Å². The van der Waals surface area contributed by atoms with E-state index in [0.717, 1.165) is 12.3 Å². The first-order valence-electron chi connectivity index (χ1n) is 7.80. The summed E-state index contributed by atoms with van der Waals surface area (Å²) in [6.07, 6.45) is 5.12. The Bertz CT molecular complexity index is 605. The first kappa shape index (κ1) is 14.6. The predicted molar refractivity (Wildman–Crippen MR) is 89.5 cm³/mol. The smallest absolute Gasteiger partial charge is 0.134 e. The second-order valence-corrected chi connectivity index (χ2v) is 6.53. The van der Waals surface area contributed by atoms with Crippen LogP contribution in [0.5, 0.6) is 5.75 Å². The summed E-state index contributed by atoms with van der Waals surface area (Å²) in [7, 11) is 1.75. The van der Waals surface area contributed by atoms with Gasteiger partial charge in [-0.05, 0) is 60.4 Å². The summed E-state index contributed by atoms with van der Waals surface area (Å²) in [6, 6.07) is 9.31. The number of methoxy groups -OCH3 is 1. The number of ether oxygens (including phenoxy) is 1. The van der Waals surface area contributed by atoms with Crippen molar-refractivity contribution in [1.82, 2.24) is 5.32 Å². The summed E-state index contributed by atoms with van der Waals surface area (Å²) < 4.78 is 5.52. The molecule has 21 heavy (non-hydrogen) atoms. The van der Waals surface area contributed by atoms with Gasteiger partial charge in [0.25, 0.3) is 0 Å². The zero-order valence-electron chi connectivity index (χ0n) is 12.8. The number of rotatable bonds is 5. The van der Waals surface area contributed by atoms with Crippen LogP contribution in [0, 0.1) is 0 Å². The molecular formula is C18H23NOS. The van der Waals surface area contributed by atoms with Crippen molar-refractivity contribution in [3.05, 3.63) is 51.2 Å². The van der Waals surface area contributed by atoms with Gasteiger partial charge >= 0.3 is 0 Å². The Morgan fingerprint density at radius 2 is 2.00 bits per heavy atom. The van der Waals surface area contributed by atoms with Gasteiger partial charge in [-0.1, -0.05) is 25.1 Å². The molecule has 1 aliphatic carbocycles. The number of benzene rings is 1. The van der Waals surface area contributed by atoms with Gasteiger partial charge < -0.3 is 10.1 Å². The number of hydrogen-bond donors (Lipinski definition) is 1. The van der Waals surface area contributed by atoms with Crippen molar-refractivity contribution in [3.8, 4) is 5.75 Å². The van der Waals surface area contributed by atoms with Crippen LogP contribution in [0.15, 0.2) is 29.6 Å². The molecule has 1 atom stereocenters. The normalized spacial score (nSPS) is 15.5. The van der Waals surface area contributed by atoms with Gasteiger partial charge in [0.2, 0.25) is 0 Å². The molecule has 1 aliphatic rings. The van der Waals surface area contributed by atoms with E-state index < -0.39 is 0 Å². The Morgan fingerprint density at radius 3 is 2.76 bits per heavy atom. The van der Waals surface area contributed by atoms with Crippen LogP contribution in [-0.4, -0.2) is 13.7 Å². The molecule has 112 valence electrons. The van der Waals surface area contributed by atoms with Crippen LogP contribution in [0.25, 0.3) is 0 Å². The standard InChI is InChI=1S/C18H23NOS/c1-3-19-17(18-16(20-2)10-11-21-18)15-9-8-13-6-4-5-7-14(13)12-15/h8-12,17,19H,3-7H2,1-2H3. The largest absolute Gasteiger partial charge is 0.496 e. The van der Waals surface area contributed by atoms with Crippen LogP contribution < -0.4 is 10.1 Å². The number of fused-ring (bicyclic) bond motifs is 1. The fourth-order valence-electron chi connectivity index (χ4n) is 3.19. The summed E-state index contributed by atoms with van der Waals surface area (Å²) in [5.74, 6) is 0.990. The summed E-state index contributed by atoms with van der Waals surface area (Å²) in [5.41, 5.74) is 4.44. The van der Waals surface area contributed by atoms with E-state index in [1.807, 2.05) is 0 Å². The fourth-order valence-corrected chi connectivity index (χ4v) is 4.15. The molecule has 0 bridgehead atoms. The first-order valence-corrected chi connectivity index (χ1v) is 8.68. The molecule has 1 aromatic carbocycles. The van der Waals surface area contributed by atoms with E-state index in [1.165, 1.54) is 41.7 Å². The van der Waals surface area contributed by atoms with Gasteiger partial charge in [0.05, 0.1) is 18.0 Å². The van der Waals surface area contributed by atoms with Crippen LogP contribution in [0.4, 0.5) is 0 Å². The molecule has 0 amide bonds. The third-order valence-corrected chi connectivity index (χ3v) is 5.22. The Kier molecular flexibility index (Phi) is 4.61. The van der Waals surface area contributed by atoms with Crippen molar-refractivity contribution >= 4 is 11.3 Å².